The normalized spacial score (nSPS) is 10.8. The van der Waals surface area contributed by atoms with Gasteiger partial charge in [0.15, 0.2) is 5.43 Å². The van der Waals surface area contributed by atoms with E-state index < -0.39 is 0 Å². The monoisotopic (exact) mass is 315 g/mol. The van der Waals surface area contributed by atoms with E-state index >= 15 is 0 Å². The number of benzene rings is 2. The first-order chi connectivity index (χ1) is 11.7. The van der Waals surface area contributed by atoms with E-state index in [0.29, 0.717) is 16.7 Å². The third-order valence-corrected chi connectivity index (χ3v) is 3.84. The number of nitrogens with zero attached hydrogens (tertiary/aromatic N) is 1. The lowest BCUT2D eigenvalue weighted by Gasteiger charge is -2.05. The van der Waals surface area contributed by atoms with Gasteiger partial charge in [-0.3, -0.25) is 9.78 Å². The van der Waals surface area contributed by atoms with E-state index in [1.54, 1.807) is 12.3 Å². The second-order valence-electron chi connectivity index (χ2n) is 5.45. The summed E-state index contributed by atoms with van der Waals surface area (Å²) in [5.74, 6) is 0.535. The molecule has 0 amide bonds. The molecule has 0 unspecified atom stereocenters. The molecule has 1 N–H and O–H groups in total. The molecule has 4 aromatic rings. The topological polar surface area (TPSA) is 63.3 Å². The summed E-state index contributed by atoms with van der Waals surface area (Å²) in [6.07, 6.45) is 1.75. The molecule has 0 fully saturated rings. The fourth-order valence-corrected chi connectivity index (χ4v) is 2.63. The second-order valence-corrected chi connectivity index (χ2v) is 5.45. The van der Waals surface area contributed by atoms with Gasteiger partial charge in [-0.15, -0.1) is 0 Å². The van der Waals surface area contributed by atoms with Gasteiger partial charge in [0.05, 0.1) is 11.1 Å². The zero-order chi connectivity index (χ0) is 16.5. The largest absolute Gasteiger partial charge is 0.508 e. The second kappa shape index (κ2) is 5.66. The van der Waals surface area contributed by atoms with Crippen LogP contribution in [0, 0.1) is 0 Å². The highest BCUT2D eigenvalue weighted by atomic mass is 16.3. The van der Waals surface area contributed by atoms with Crippen LogP contribution in [-0.2, 0) is 0 Å². The van der Waals surface area contributed by atoms with Gasteiger partial charge in [-0.05, 0) is 30.3 Å². The van der Waals surface area contributed by atoms with Crippen molar-refractivity contribution in [2.45, 2.75) is 0 Å². The Balaban J connectivity index is 1.78. The lowest BCUT2D eigenvalue weighted by Crippen LogP contribution is -2.00. The Morgan fingerprint density at radius 3 is 2.42 bits per heavy atom. The van der Waals surface area contributed by atoms with Crippen LogP contribution in [-0.4, -0.2) is 10.1 Å². The predicted molar refractivity (Wildman–Crippen MR) is 92.8 cm³/mol. The highest BCUT2D eigenvalue weighted by molar-refractivity contribution is 5.80. The SMILES string of the molecule is O=c1cc(-c2ccc(-c3ccccn3)cc2)oc2ccc(O)cc12. The molecule has 4 nitrogen and oxygen atoms in total. The molecule has 0 atom stereocenters. The van der Waals surface area contributed by atoms with Gasteiger partial charge in [0.25, 0.3) is 0 Å². The van der Waals surface area contributed by atoms with Gasteiger partial charge in [0.1, 0.15) is 17.1 Å². The maximum Gasteiger partial charge on any atom is 0.193 e. The molecule has 0 saturated carbocycles. The molecule has 4 rings (SSSR count). The quantitative estimate of drug-likeness (QED) is 0.601. The van der Waals surface area contributed by atoms with Crippen LogP contribution in [0.2, 0.25) is 0 Å². The van der Waals surface area contributed by atoms with Crippen molar-refractivity contribution >= 4 is 11.0 Å². The molecule has 2 aromatic carbocycles. The van der Waals surface area contributed by atoms with Crippen LogP contribution < -0.4 is 5.43 Å². The minimum Gasteiger partial charge on any atom is -0.508 e. The number of aromatic hydroxyl groups is 1. The highest BCUT2D eigenvalue weighted by Crippen LogP contribution is 2.26. The summed E-state index contributed by atoms with van der Waals surface area (Å²) in [5.41, 5.74) is 2.95. The molecule has 2 heterocycles. The van der Waals surface area contributed by atoms with E-state index in [0.717, 1.165) is 16.8 Å². The standard InChI is InChI=1S/C20H13NO3/c22-15-8-9-19-16(11-15)18(23)12-20(24-19)14-6-4-13(5-7-14)17-3-1-2-10-21-17/h1-12,22H. The van der Waals surface area contributed by atoms with Crippen molar-refractivity contribution < 1.29 is 9.52 Å². The average molecular weight is 315 g/mol. The summed E-state index contributed by atoms with van der Waals surface area (Å²) in [6, 6.07) is 19.4. The lowest BCUT2D eigenvalue weighted by molar-refractivity contribution is 0.475. The van der Waals surface area contributed by atoms with Crippen molar-refractivity contribution in [3.05, 3.63) is 83.2 Å². The fraction of sp³-hybridized carbons (Fsp3) is 0. The fourth-order valence-electron chi connectivity index (χ4n) is 2.63. The van der Waals surface area contributed by atoms with Crippen molar-refractivity contribution in [1.29, 1.82) is 0 Å². The molecule has 4 heteroatoms. The first-order valence-electron chi connectivity index (χ1n) is 7.49. The number of phenolic OH excluding ortho intramolecular Hbond substituents is 1. The van der Waals surface area contributed by atoms with Crippen molar-refractivity contribution in [3.63, 3.8) is 0 Å². The van der Waals surface area contributed by atoms with E-state index in [1.807, 2.05) is 42.5 Å². The third-order valence-electron chi connectivity index (χ3n) is 3.84. The van der Waals surface area contributed by atoms with Gasteiger partial charge in [-0.25, -0.2) is 0 Å². The molecule has 116 valence electrons. The molecule has 0 aliphatic heterocycles. The molecule has 24 heavy (non-hydrogen) atoms. The Kier molecular flexibility index (Phi) is 3.35. The Labute approximate surface area is 137 Å². The summed E-state index contributed by atoms with van der Waals surface area (Å²) in [7, 11) is 0. The van der Waals surface area contributed by atoms with Crippen LogP contribution in [0.1, 0.15) is 0 Å². The molecule has 0 radical (unpaired) electrons. The van der Waals surface area contributed by atoms with E-state index in [4.69, 9.17) is 4.42 Å². The van der Waals surface area contributed by atoms with Gasteiger partial charge >= 0.3 is 0 Å². The smallest absolute Gasteiger partial charge is 0.193 e. The van der Waals surface area contributed by atoms with E-state index in [-0.39, 0.29) is 11.2 Å². The molecular weight excluding hydrogens is 302 g/mol. The van der Waals surface area contributed by atoms with Gasteiger partial charge in [0, 0.05) is 23.4 Å². The molecule has 2 aromatic heterocycles. The number of phenols is 1. The van der Waals surface area contributed by atoms with Crippen LogP contribution >= 0.6 is 0 Å². The van der Waals surface area contributed by atoms with Crippen molar-refractivity contribution in [2.75, 3.05) is 0 Å². The minimum absolute atomic E-state index is 0.0438. The Morgan fingerprint density at radius 2 is 1.67 bits per heavy atom. The number of hydrogen-bond acceptors (Lipinski definition) is 4. The van der Waals surface area contributed by atoms with Crippen molar-refractivity contribution in [3.8, 4) is 28.3 Å². The van der Waals surface area contributed by atoms with Crippen LogP contribution in [0.4, 0.5) is 0 Å². The summed E-state index contributed by atoms with van der Waals surface area (Å²) >= 11 is 0. The van der Waals surface area contributed by atoms with E-state index in [9.17, 15) is 9.90 Å². The number of aromatic nitrogens is 1. The van der Waals surface area contributed by atoms with Gasteiger partial charge in [-0.2, -0.15) is 0 Å². The van der Waals surface area contributed by atoms with Crippen molar-refractivity contribution in [1.82, 2.24) is 4.98 Å². The summed E-state index contributed by atoms with van der Waals surface area (Å²) < 4.78 is 5.80. The number of rotatable bonds is 2. The molecule has 0 saturated heterocycles. The third kappa shape index (κ3) is 2.54. The molecular formula is C20H13NO3. The Hall–Kier alpha value is -3.40. The number of hydrogen-bond donors (Lipinski definition) is 1. The number of fused-ring (bicyclic) bond motifs is 1. The zero-order valence-electron chi connectivity index (χ0n) is 12.6. The van der Waals surface area contributed by atoms with E-state index in [1.165, 1.54) is 18.2 Å². The van der Waals surface area contributed by atoms with Crippen LogP contribution in [0.5, 0.6) is 5.75 Å². The summed E-state index contributed by atoms with van der Waals surface area (Å²) in [5, 5.41) is 9.86. The predicted octanol–water partition coefficient (Wildman–Crippen LogP) is 4.23. The first kappa shape index (κ1) is 14.2. The maximum atomic E-state index is 12.2. The maximum absolute atomic E-state index is 12.2. The first-order valence-corrected chi connectivity index (χ1v) is 7.49. The Bertz CT molecular complexity index is 1070. The van der Waals surface area contributed by atoms with Gasteiger partial charge < -0.3 is 9.52 Å². The lowest BCUT2D eigenvalue weighted by atomic mass is 10.1. The average Bonchev–Trinajstić information content (AvgIpc) is 2.63. The summed E-state index contributed by atoms with van der Waals surface area (Å²) in [4.78, 5) is 16.5. The van der Waals surface area contributed by atoms with Crippen LogP contribution in [0.25, 0.3) is 33.6 Å². The molecule has 0 spiro atoms. The van der Waals surface area contributed by atoms with E-state index in [2.05, 4.69) is 4.98 Å². The van der Waals surface area contributed by atoms with Crippen LogP contribution in [0.3, 0.4) is 0 Å². The number of pyridine rings is 1. The minimum atomic E-state index is -0.184. The van der Waals surface area contributed by atoms with Crippen LogP contribution in [0.15, 0.2) is 82.1 Å². The van der Waals surface area contributed by atoms with Gasteiger partial charge in [0.2, 0.25) is 0 Å². The Morgan fingerprint density at radius 1 is 0.875 bits per heavy atom. The summed E-state index contributed by atoms with van der Waals surface area (Å²) in [6.45, 7) is 0. The molecule has 0 aliphatic carbocycles. The van der Waals surface area contributed by atoms with Gasteiger partial charge in [-0.1, -0.05) is 30.3 Å². The molecule has 0 bridgehead atoms. The van der Waals surface area contributed by atoms with Crippen molar-refractivity contribution in [2.24, 2.45) is 0 Å². The molecule has 0 aliphatic rings. The zero-order valence-corrected chi connectivity index (χ0v) is 12.6. The highest BCUT2D eigenvalue weighted by Gasteiger charge is 2.08.